The summed E-state index contributed by atoms with van der Waals surface area (Å²) < 4.78 is 31.1. The standard InChI is InChI=1S/C17H14F2N8/c18-12-4-3-11-15(21-17(20)22-16(11)14(12)19)13-8-26(25-23-13)7-9-5-6-27(24-9)10-1-2-10/h3-6,8,10H,1-2,7H2,(H2,20,21,22). The van der Waals surface area contributed by atoms with Gasteiger partial charge in [0, 0.05) is 11.6 Å². The summed E-state index contributed by atoms with van der Waals surface area (Å²) in [5.74, 6) is -2.23. The van der Waals surface area contributed by atoms with Crippen molar-refractivity contribution in [3.05, 3.63) is 47.9 Å². The number of aromatic nitrogens is 7. The number of rotatable bonds is 4. The number of nitrogens with zero attached hydrogens (tertiary/aromatic N) is 7. The topological polar surface area (TPSA) is 100 Å². The zero-order valence-electron chi connectivity index (χ0n) is 14.0. The highest BCUT2D eigenvalue weighted by Gasteiger charge is 2.24. The van der Waals surface area contributed by atoms with E-state index in [1.165, 1.54) is 6.07 Å². The zero-order valence-corrected chi connectivity index (χ0v) is 14.0. The summed E-state index contributed by atoms with van der Waals surface area (Å²) in [5.41, 5.74) is 7.03. The van der Waals surface area contributed by atoms with Crippen LogP contribution in [-0.4, -0.2) is 34.7 Å². The van der Waals surface area contributed by atoms with Gasteiger partial charge in [0.2, 0.25) is 5.95 Å². The van der Waals surface area contributed by atoms with Crippen LogP contribution in [0, 0.1) is 11.6 Å². The van der Waals surface area contributed by atoms with Crippen molar-refractivity contribution >= 4 is 16.9 Å². The summed E-state index contributed by atoms with van der Waals surface area (Å²) >= 11 is 0. The van der Waals surface area contributed by atoms with Crippen LogP contribution in [0.2, 0.25) is 0 Å². The number of anilines is 1. The zero-order chi connectivity index (χ0) is 18.5. The number of fused-ring (bicyclic) bond motifs is 1. The number of nitrogen functional groups attached to an aromatic ring is 1. The molecule has 0 radical (unpaired) electrons. The quantitative estimate of drug-likeness (QED) is 0.593. The van der Waals surface area contributed by atoms with Crippen molar-refractivity contribution in [3.63, 3.8) is 0 Å². The Bertz CT molecular complexity index is 1160. The maximum atomic E-state index is 14.1. The molecular weight excluding hydrogens is 354 g/mol. The van der Waals surface area contributed by atoms with E-state index in [0.717, 1.165) is 24.6 Å². The van der Waals surface area contributed by atoms with E-state index in [9.17, 15) is 8.78 Å². The lowest BCUT2D eigenvalue weighted by Gasteiger charge is -2.05. The van der Waals surface area contributed by atoms with Crippen LogP contribution >= 0.6 is 0 Å². The van der Waals surface area contributed by atoms with Crippen molar-refractivity contribution in [1.82, 2.24) is 34.7 Å². The minimum atomic E-state index is -1.07. The Morgan fingerprint density at radius 1 is 1.15 bits per heavy atom. The molecule has 1 aliphatic rings. The molecule has 0 atom stereocenters. The van der Waals surface area contributed by atoms with E-state index in [1.54, 1.807) is 10.9 Å². The van der Waals surface area contributed by atoms with Crippen LogP contribution in [0.15, 0.2) is 30.6 Å². The first kappa shape index (κ1) is 15.8. The molecule has 2 N–H and O–H groups in total. The molecule has 1 saturated carbocycles. The summed E-state index contributed by atoms with van der Waals surface area (Å²) in [4.78, 5) is 7.95. The SMILES string of the molecule is Nc1nc(-c2cn(Cc3ccn(C4CC4)n3)nn2)c2ccc(F)c(F)c2n1. The Kier molecular flexibility index (Phi) is 3.39. The van der Waals surface area contributed by atoms with E-state index < -0.39 is 11.6 Å². The molecule has 3 heterocycles. The summed E-state index contributed by atoms with van der Waals surface area (Å²) in [6.07, 6.45) is 5.95. The first-order chi connectivity index (χ1) is 13.1. The molecule has 3 aromatic heterocycles. The smallest absolute Gasteiger partial charge is 0.221 e. The maximum Gasteiger partial charge on any atom is 0.221 e. The van der Waals surface area contributed by atoms with Gasteiger partial charge in [-0.25, -0.2) is 23.4 Å². The molecule has 0 aliphatic heterocycles. The van der Waals surface area contributed by atoms with Crippen molar-refractivity contribution in [1.29, 1.82) is 0 Å². The average Bonchev–Trinajstić information content (AvgIpc) is 3.22. The average molecular weight is 368 g/mol. The van der Waals surface area contributed by atoms with Gasteiger partial charge in [0.15, 0.2) is 11.6 Å². The van der Waals surface area contributed by atoms with Gasteiger partial charge in [0.1, 0.15) is 16.9 Å². The second kappa shape index (κ2) is 5.79. The van der Waals surface area contributed by atoms with Crippen molar-refractivity contribution in [3.8, 4) is 11.4 Å². The van der Waals surface area contributed by atoms with Gasteiger partial charge in [-0.05, 0) is 31.0 Å². The third-order valence-corrected chi connectivity index (χ3v) is 4.47. The third kappa shape index (κ3) is 2.78. The van der Waals surface area contributed by atoms with Crippen LogP contribution in [0.1, 0.15) is 24.6 Å². The Hall–Kier alpha value is -3.43. The Morgan fingerprint density at radius 2 is 2.00 bits per heavy atom. The van der Waals surface area contributed by atoms with Crippen LogP contribution < -0.4 is 5.73 Å². The molecule has 27 heavy (non-hydrogen) atoms. The highest BCUT2D eigenvalue weighted by molar-refractivity contribution is 5.92. The van der Waals surface area contributed by atoms with E-state index in [0.29, 0.717) is 29.4 Å². The molecule has 0 bridgehead atoms. The van der Waals surface area contributed by atoms with E-state index in [-0.39, 0.29) is 11.5 Å². The van der Waals surface area contributed by atoms with Crippen LogP contribution in [0.25, 0.3) is 22.3 Å². The van der Waals surface area contributed by atoms with E-state index in [1.807, 2.05) is 16.9 Å². The highest BCUT2D eigenvalue weighted by atomic mass is 19.2. The van der Waals surface area contributed by atoms with Gasteiger partial charge >= 0.3 is 0 Å². The van der Waals surface area contributed by atoms with Gasteiger partial charge in [0.25, 0.3) is 0 Å². The number of halogens is 2. The van der Waals surface area contributed by atoms with Crippen LogP contribution in [0.5, 0.6) is 0 Å². The van der Waals surface area contributed by atoms with Crippen LogP contribution in [0.4, 0.5) is 14.7 Å². The highest BCUT2D eigenvalue weighted by Crippen LogP contribution is 2.34. The molecule has 10 heteroatoms. The van der Waals surface area contributed by atoms with Gasteiger partial charge in [-0.3, -0.25) is 4.68 Å². The van der Waals surface area contributed by atoms with E-state index in [4.69, 9.17) is 5.73 Å². The number of hydrogen-bond acceptors (Lipinski definition) is 6. The molecule has 5 rings (SSSR count). The fraction of sp³-hybridized carbons (Fsp3) is 0.235. The van der Waals surface area contributed by atoms with Crippen molar-refractivity contribution in [2.75, 3.05) is 5.73 Å². The first-order valence-electron chi connectivity index (χ1n) is 8.44. The lowest BCUT2D eigenvalue weighted by molar-refractivity contribution is 0.515. The third-order valence-electron chi connectivity index (χ3n) is 4.47. The molecule has 0 saturated heterocycles. The Morgan fingerprint density at radius 3 is 2.81 bits per heavy atom. The molecule has 1 aliphatic carbocycles. The summed E-state index contributed by atoms with van der Waals surface area (Å²) in [5, 5.41) is 13.0. The normalized spacial score (nSPS) is 14.1. The predicted octanol–water partition coefficient (Wildman–Crippen LogP) is 2.33. The predicted molar refractivity (Wildman–Crippen MR) is 92.5 cm³/mol. The second-order valence-corrected chi connectivity index (χ2v) is 6.51. The van der Waals surface area contributed by atoms with Gasteiger partial charge in [-0.15, -0.1) is 5.10 Å². The second-order valence-electron chi connectivity index (χ2n) is 6.51. The summed E-state index contributed by atoms with van der Waals surface area (Å²) in [6.45, 7) is 0.439. The lowest BCUT2D eigenvalue weighted by Crippen LogP contribution is -2.03. The number of hydrogen-bond donors (Lipinski definition) is 1. The van der Waals surface area contributed by atoms with Crippen molar-refractivity contribution in [2.24, 2.45) is 0 Å². The number of nitrogens with two attached hydrogens (primary N) is 1. The van der Waals surface area contributed by atoms with Crippen molar-refractivity contribution in [2.45, 2.75) is 25.4 Å². The molecule has 0 amide bonds. The largest absolute Gasteiger partial charge is 0.368 e. The molecule has 1 fully saturated rings. The van der Waals surface area contributed by atoms with Crippen LogP contribution in [0.3, 0.4) is 0 Å². The minimum absolute atomic E-state index is 0.167. The Labute approximate surface area is 151 Å². The van der Waals surface area contributed by atoms with E-state index >= 15 is 0 Å². The minimum Gasteiger partial charge on any atom is -0.368 e. The molecule has 136 valence electrons. The van der Waals surface area contributed by atoms with Crippen molar-refractivity contribution < 1.29 is 8.78 Å². The fourth-order valence-corrected chi connectivity index (χ4v) is 3.00. The maximum absolute atomic E-state index is 14.1. The monoisotopic (exact) mass is 368 g/mol. The first-order valence-corrected chi connectivity index (χ1v) is 8.44. The summed E-state index contributed by atoms with van der Waals surface area (Å²) in [6, 6.07) is 4.88. The fourth-order valence-electron chi connectivity index (χ4n) is 3.00. The molecule has 0 spiro atoms. The molecule has 8 nitrogen and oxygen atoms in total. The number of benzene rings is 1. The summed E-state index contributed by atoms with van der Waals surface area (Å²) in [7, 11) is 0. The lowest BCUT2D eigenvalue weighted by atomic mass is 10.1. The Balaban J connectivity index is 1.51. The molecule has 1 aromatic carbocycles. The van der Waals surface area contributed by atoms with Gasteiger partial charge in [0.05, 0.1) is 24.5 Å². The molecular formula is C17H14F2N8. The van der Waals surface area contributed by atoms with Crippen LogP contribution in [-0.2, 0) is 6.54 Å². The molecule has 4 aromatic rings. The van der Waals surface area contributed by atoms with E-state index in [2.05, 4.69) is 25.4 Å². The van der Waals surface area contributed by atoms with Gasteiger partial charge in [-0.1, -0.05) is 5.21 Å². The molecule has 0 unspecified atom stereocenters. The van der Waals surface area contributed by atoms with Gasteiger partial charge in [-0.2, -0.15) is 5.10 Å². The van der Waals surface area contributed by atoms with Gasteiger partial charge < -0.3 is 5.73 Å².